The maximum Gasteiger partial charge on any atom is 0.241 e. The number of nitrogens with one attached hydrogen (secondary N) is 2. The van der Waals surface area contributed by atoms with Crippen molar-refractivity contribution in [1.82, 2.24) is 10.0 Å². The lowest BCUT2D eigenvalue weighted by Gasteiger charge is -2.18. The first-order valence-electron chi connectivity index (χ1n) is 6.33. The molecule has 0 aliphatic carbocycles. The minimum absolute atomic E-state index is 0.0523. The quantitative estimate of drug-likeness (QED) is 0.783. The van der Waals surface area contributed by atoms with Crippen LogP contribution in [0.2, 0.25) is 5.02 Å². The number of amides is 1. The fourth-order valence-corrected chi connectivity index (χ4v) is 2.96. The van der Waals surface area contributed by atoms with Crippen LogP contribution in [0.1, 0.15) is 13.8 Å². The third kappa shape index (κ3) is 5.62. The fourth-order valence-electron chi connectivity index (χ4n) is 1.63. The van der Waals surface area contributed by atoms with Gasteiger partial charge >= 0.3 is 0 Å². The molecule has 0 heterocycles. The van der Waals surface area contributed by atoms with Gasteiger partial charge in [0.05, 0.1) is 17.5 Å². The van der Waals surface area contributed by atoms with E-state index < -0.39 is 22.0 Å². The van der Waals surface area contributed by atoms with E-state index in [0.29, 0.717) is 11.6 Å². The van der Waals surface area contributed by atoms with Crippen LogP contribution >= 0.6 is 11.6 Å². The Balaban J connectivity index is 2.70. The second-order valence-electron chi connectivity index (χ2n) is 4.66. The summed E-state index contributed by atoms with van der Waals surface area (Å²) >= 11 is 5.71. The van der Waals surface area contributed by atoms with Gasteiger partial charge in [0.25, 0.3) is 0 Å². The lowest BCUT2D eigenvalue weighted by atomic mass is 10.3. The van der Waals surface area contributed by atoms with E-state index in [-0.39, 0.29) is 10.9 Å². The highest BCUT2D eigenvalue weighted by Crippen LogP contribution is 2.14. The third-order valence-electron chi connectivity index (χ3n) is 2.65. The molecule has 21 heavy (non-hydrogen) atoms. The minimum Gasteiger partial charge on any atom is -0.383 e. The summed E-state index contributed by atoms with van der Waals surface area (Å²) in [6.45, 7) is 3.59. The third-order valence-corrected chi connectivity index (χ3v) is 4.46. The summed E-state index contributed by atoms with van der Waals surface area (Å²) in [5.41, 5.74) is 0. The van der Waals surface area contributed by atoms with Gasteiger partial charge in [-0.3, -0.25) is 4.79 Å². The molecule has 2 N–H and O–H groups in total. The van der Waals surface area contributed by atoms with Crippen LogP contribution in [-0.4, -0.2) is 40.1 Å². The van der Waals surface area contributed by atoms with Crippen LogP contribution < -0.4 is 10.0 Å². The topological polar surface area (TPSA) is 84.5 Å². The Bertz CT molecular complexity index is 574. The number of ether oxygens (including phenoxy) is 1. The van der Waals surface area contributed by atoms with E-state index in [1.165, 1.54) is 38.3 Å². The van der Waals surface area contributed by atoms with E-state index in [1.807, 2.05) is 0 Å². The van der Waals surface area contributed by atoms with Crippen LogP contribution in [0.15, 0.2) is 29.2 Å². The van der Waals surface area contributed by atoms with E-state index in [0.717, 1.165) is 0 Å². The largest absolute Gasteiger partial charge is 0.383 e. The summed E-state index contributed by atoms with van der Waals surface area (Å²) in [5.74, 6) is -0.419. The molecule has 0 aromatic heterocycles. The van der Waals surface area contributed by atoms with E-state index in [4.69, 9.17) is 16.3 Å². The molecule has 0 fully saturated rings. The van der Waals surface area contributed by atoms with E-state index in [1.54, 1.807) is 6.92 Å². The molecule has 1 amide bonds. The summed E-state index contributed by atoms with van der Waals surface area (Å²) in [4.78, 5) is 11.9. The van der Waals surface area contributed by atoms with Crippen LogP contribution in [0.25, 0.3) is 0 Å². The Labute approximate surface area is 129 Å². The first-order valence-corrected chi connectivity index (χ1v) is 8.19. The van der Waals surface area contributed by atoms with Gasteiger partial charge in [-0.05, 0) is 38.1 Å². The highest BCUT2D eigenvalue weighted by molar-refractivity contribution is 7.89. The minimum atomic E-state index is -3.77. The molecule has 1 aromatic carbocycles. The van der Waals surface area contributed by atoms with Crippen molar-refractivity contribution in [3.8, 4) is 0 Å². The van der Waals surface area contributed by atoms with Crippen LogP contribution in [0.5, 0.6) is 0 Å². The summed E-state index contributed by atoms with van der Waals surface area (Å²) in [5, 5.41) is 3.09. The molecular weight excluding hydrogens is 316 g/mol. The van der Waals surface area contributed by atoms with Gasteiger partial charge in [-0.2, -0.15) is 4.72 Å². The lowest BCUT2D eigenvalue weighted by Crippen LogP contribution is -2.48. The molecule has 2 atom stereocenters. The number of halogens is 1. The zero-order valence-corrected chi connectivity index (χ0v) is 13.7. The molecule has 0 aliphatic rings. The predicted octanol–water partition coefficient (Wildman–Crippen LogP) is 1.16. The number of hydrogen-bond donors (Lipinski definition) is 2. The molecule has 0 unspecified atom stereocenters. The maximum absolute atomic E-state index is 12.1. The van der Waals surface area contributed by atoms with E-state index >= 15 is 0 Å². The summed E-state index contributed by atoms with van der Waals surface area (Å²) < 4.78 is 31.4. The zero-order valence-electron chi connectivity index (χ0n) is 12.1. The van der Waals surface area contributed by atoms with Crippen molar-refractivity contribution in [1.29, 1.82) is 0 Å². The molecule has 1 aromatic rings. The fraction of sp³-hybridized carbons (Fsp3) is 0.462. The van der Waals surface area contributed by atoms with Crippen molar-refractivity contribution in [2.24, 2.45) is 0 Å². The molecule has 0 aliphatic heterocycles. The second kappa shape index (κ2) is 7.74. The molecular formula is C13H19ClN2O4S. The Hall–Kier alpha value is -1.15. The number of carbonyl (C=O) groups is 1. The first-order chi connectivity index (χ1) is 9.76. The van der Waals surface area contributed by atoms with Crippen LogP contribution in [0, 0.1) is 0 Å². The van der Waals surface area contributed by atoms with Gasteiger partial charge < -0.3 is 10.1 Å². The van der Waals surface area contributed by atoms with Crippen molar-refractivity contribution >= 4 is 27.5 Å². The van der Waals surface area contributed by atoms with Crippen LogP contribution in [0.4, 0.5) is 0 Å². The number of sulfonamides is 1. The molecule has 0 bridgehead atoms. The molecule has 6 nitrogen and oxygen atoms in total. The van der Waals surface area contributed by atoms with Gasteiger partial charge in [0, 0.05) is 18.2 Å². The van der Waals surface area contributed by atoms with E-state index in [2.05, 4.69) is 10.0 Å². The summed E-state index contributed by atoms with van der Waals surface area (Å²) in [7, 11) is -2.25. The Kier molecular flexibility index (Phi) is 6.60. The molecule has 8 heteroatoms. The normalized spacial score (nSPS) is 14.5. The molecule has 0 radical (unpaired) electrons. The Morgan fingerprint density at radius 3 is 2.38 bits per heavy atom. The van der Waals surface area contributed by atoms with Crippen LogP contribution in [0.3, 0.4) is 0 Å². The maximum atomic E-state index is 12.1. The molecule has 118 valence electrons. The van der Waals surface area contributed by atoms with E-state index in [9.17, 15) is 13.2 Å². The van der Waals surface area contributed by atoms with Gasteiger partial charge in [0.2, 0.25) is 15.9 Å². The number of carbonyl (C=O) groups excluding carboxylic acids is 1. The van der Waals surface area contributed by atoms with Crippen molar-refractivity contribution in [2.45, 2.75) is 30.8 Å². The first kappa shape index (κ1) is 17.9. The van der Waals surface area contributed by atoms with Gasteiger partial charge in [0.1, 0.15) is 0 Å². The Morgan fingerprint density at radius 1 is 1.29 bits per heavy atom. The van der Waals surface area contributed by atoms with Gasteiger partial charge in [-0.25, -0.2) is 8.42 Å². The standard InChI is InChI=1S/C13H19ClN2O4S/c1-9(8-20-3)15-13(17)10(2)16-21(18,19)12-6-4-11(14)5-7-12/h4-7,9-10,16H,8H2,1-3H3,(H,15,17)/t9-,10+/m1/s1. The highest BCUT2D eigenvalue weighted by Gasteiger charge is 2.22. The average Bonchev–Trinajstić information content (AvgIpc) is 2.38. The second-order valence-corrected chi connectivity index (χ2v) is 6.81. The van der Waals surface area contributed by atoms with Gasteiger partial charge in [-0.1, -0.05) is 11.6 Å². The SMILES string of the molecule is COC[C@@H](C)NC(=O)[C@H](C)NS(=O)(=O)c1ccc(Cl)cc1. The zero-order chi connectivity index (χ0) is 16.0. The molecule has 0 spiro atoms. The lowest BCUT2D eigenvalue weighted by molar-refractivity contribution is -0.123. The number of hydrogen-bond acceptors (Lipinski definition) is 4. The average molecular weight is 335 g/mol. The van der Waals surface area contributed by atoms with Gasteiger partial charge in [0.15, 0.2) is 0 Å². The molecule has 0 saturated heterocycles. The summed E-state index contributed by atoms with van der Waals surface area (Å²) in [6.07, 6.45) is 0. The number of methoxy groups -OCH3 is 1. The van der Waals surface area contributed by atoms with Crippen molar-refractivity contribution < 1.29 is 17.9 Å². The van der Waals surface area contributed by atoms with Crippen LogP contribution in [-0.2, 0) is 19.6 Å². The van der Waals surface area contributed by atoms with Gasteiger partial charge in [-0.15, -0.1) is 0 Å². The van der Waals surface area contributed by atoms with Crippen molar-refractivity contribution in [3.05, 3.63) is 29.3 Å². The smallest absolute Gasteiger partial charge is 0.241 e. The number of benzene rings is 1. The van der Waals surface area contributed by atoms with Crippen molar-refractivity contribution in [3.63, 3.8) is 0 Å². The predicted molar refractivity (Wildman–Crippen MR) is 80.7 cm³/mol. The van der Waals surface area contributed by atoms with Crippen molar-refractivity contribution in [2.75, 3.05) is 13.7 Å². The molecule has 1 rings (SSSR count). The summed E-state index contributed by atoms with van der Waals surface area (Å²) in [6, 6.07) is 4.60. The monoisotopic (exact) mass is 334 g/mol. The molecule has 0 saturated carbocycles. The highest BCUT2D eigenvalue weighted by atomic mass is 35.5. The number of rotatable bonds is 7. The Morgan fingerprint density at radius 2 is 1.86 bits per heavy atom.